The third kappa shape index (κ3) is 4.71. The van der Waals surface area contributed by atoms with Gasteiger partial charge in [-0.1, -0.05) is 6.07 Å². The van der Waals surface area contributed by atoms with Crippen molar-refractivity contribution < 1.29 is 0 Å². The quantitative estimate of drug-likeness (QED) is 0.279. The van der Waals surface area contributed by atoms with Crippen LogP contribution in [0, 0.1) is 27.7 Å². The molecule has 0 saturated carbocycles. The van der Waals surface area contributed by atoms with E-state index in [2.05, 4.69) is 71.7 Å². The van der Waals surface area contributed by atoms with E-state index in [-0.39, 0.29) is 0 Å². The Morgan fingerprint density at radius 3 is 1.93 bits per heavy atom. The van der Waals surface area contributed by atoms with E-state index >= 15 is 0 Å². The second kappa shape index (κ2) is 10.7. The predicted octanol–water partition coefficient (Wildman–Crippen LogP) is 7.48. The molecule has 2 aromatic heterocycles. The van der Waals surface area contributed by atoms with Gasteiger partial charge in [0.05, 0.1) is 0 Å². The van der Waals surface area contributed by atoms with Crippen LogP contribution in [0.5, 0.6) is 0 Å². The first-order chi connectivity index (χ1) is 19.5. The first-order valence-electron chi connectivity index (χ1n) is 16.1. The van der Waals surface area contributed by atoms with E-state index in [0.29, 0.717) is 0 Å². The summed E-state index contributed by atoms with van der Waals surface area (Å²) in [6.07, 6.45) is 13.3. The smallest absolute Gasteiger partial charge is 0.0461 e. The van der Waals surface area contributed by atoms with Crippen LogP contribution in [0.15, 0.2) is 24.3 Å². The topological polar surface area (TPSA) is 38.1 Å². The van der Waals surface area contributed by atoms with Crippen LogP contribution < -0.4 is 0 Å². The van der Waals surface area contributed by atoms with Gasteiger partial charge in [0.25, 0.3) is 0 Å². The second-order valence-electron chi connectivity index (χ2n) is 13.3. The molecule has 4 aromatic rings. The molecule has 4 aliphatic rings. The molecule has 2 fully saturated rings. The highest BCUT2D eigenvalue weighted by atomic mass is 15.2. The highest BCUT2D eigenvalue weighted by molar-refractivity contribution is 5.89. The molecule has 4 heteroatoms. The normalized spacial score (nSPS) is 23.4. The SMILES string of the molecule is Cc1[nH]c2cc3c(cc2c1C)CC(N1CCCC1)CC3.Cc1[nH]c2ccc3c(c2c1C)CCC(N1CCCC1)C3. The van der Waals surface area contributed by atoms with Crippen LogP contribution in [-0.2, 0) is 25.7 Å². The number of benzene rings is 2. The maximum absolute atomic E-state index is 3.53. The van der Waals surface area contributed by atoms with Gasteiger partial charge >= 0.3 is 0 Å². The molecule has 2 unspecified atom stereocenters. The zero-order valence-electron chi connectivity index (χ0n) is 25.3. The van der Waals surface area contributed by atoms with Crippen LogP contribution in [-0.4, -0.2) is 58.0 Å². The fourth-order valence-electron chi connectivity index (χ4n) is 8.39. The van der Waals surface area contributed by atoms with Crippen LogP contribution in [0.1, 0.15) is 83.3 Å². The Labute approximate surface area is 240 Å². The van der Waals surface area contributed by atoms with Gasteiger partial charge in [-0.3, -0.25) is 0 Å². The van der Waals surface area contributed by atoms with Crippen molar-refractivity contribution in [2.24, 2.45) is 0 Å². The highest BCUT2D eigenvalue weighted by Gasteiger charge is 2.28. The van der Waals surface area contributed by atoms with Gasteiger partial charge in [0, 0.05) is 45.3 Å². The lowest BCUT2D eigenvalue weighted by Gasteiger charge is -2.32. The van der Waals surface area contributed by atoms with E-state index in [1.165, 1.54) is 135 Å². The summed E-state index contributed by atoms with van der Waals surface area (Å²) in [5, 5.41) is 2.95. The number of likely N-dealkylation sites (tertiary alicyclic amines) is 2. The van der Waals surface area contributed by atoms with Gasteiger partial charge in [0.2, 0.25) is 0 Å². The Kier molecular flexibility index (Phi) is 7.04. The van der Waals surface area contributed by atoms with E-state index in [1.807, 2.05) is 0 Å². The molecule has 8 rings (SSSR count). The molecular weight excluding hydrogens is 488 g/mol. The zero-order valence-corrected chi connectivity index (χ0v) is 25.3. The van der Waals surface area contributed by atoms with Gasteiger partial charge in [-0.25, -0.2) is 0 Å². The average Bonchev–Trinajstić information content (AvgIpc) is 3.78. The first-order valence-corrected chi connectivity index (χ1v) is 16.1. The van der Waals surface area contributed by atoms with Gasteiger partial charge in [-0.05, 0) is 170 Å². The van der Waals surface area contributed by atoms with E-state index < -0.39 is 0 Å². The summed E-state index contributed by atoms with van der Waals surface area (Å²) in [5.74, 6) is 0. The number of H-pyrrole nitrogens is 2. The second-order valence-corrected chi connectivity index (χ2v) is 13.3. The number of nitrogens with one attached hydrogen (secondary N) is 2. The molecule has 2 aliphatic heterocycles. The number of aromatic amines is 2. The summed E-state index contributed by atoms with van der Waals surface area (Å²) in [4.78, 5) is 12.5. The molecule has 4 nitrogen and oxygen atoms in total. The van der Waals surface area contributed by atoms with Crippen LogP contribution >= 0.6 is 0 Å². The summed E-state index contributed by atoms with van der Waals surface area (Å²) in [6.45, 7) is 14.2. The number of hydrogen-bond donors (Lipinski definition) is 2. The van der Waals surface area contributed by atoms with Gasteiger partial charge in [0.1, 0.15) is 0 Å². The highest BCUT2D eigenvalue weighted by Crippen LogP contribution is 2.35. The number of hydrogen-bond acceptors (Lipinski definition) is 2. The van der Waals surface area contributed by atoms with Crippen LogP contribution in [0.4, 0.5) is 0 Å². The molecule has 212 valence electrons. The monoisotopic (exact) mass is 536 g/mol. The zero-order chi connectivity index (χ0) is 27.4. The summed E-state index contributed by atoms with van der Waals surface area (Å²) < 4.78 is 0. The number of fused-ring (bicyclic) bond motifs is 5. The van der Waals surface area contributed by atoms with Crippen LogP contribution in [0.2, 0.25) is 0 Å². The molecular formula is C36H48N4. The van der Waals surface area contributed by atoms with Crippen molar-refractivity contribution in [2.45, 2.75) is 104 Å². The molecule has 0 spiro atoms. The minimum absolute atomic E-state index is 0.794. The summed E-state index contributed by atoms with van der Waals surface area (Å²) in [6, 6.07) is 11.1. The number of rotatable bonds is 2. The molecule has 2 aromatic carbocycles. The average molecular weight is 537 g/mol. The fourth-order valence-corrected chi connectivity index (χ4v) is 8.39. The van der Waals surface area contributed by atoms with Crippen LogP contribution in [0.3, 0.4) is 0 Å². The van der Waals surface area contributed by atoms with Crippen molar-refractivity contribution in [2.75, 3.05) is 26.2 Å². The lowest BCUT2D eigenvalue weighted by atomic mass is 9.85. The third-order valence-electron chi connectivity index (χ3n) is 11.0. The standard InChI is InChI=1S/2C18H24N2/c1-12-13(2)19-17-8-5-14-11-15(20-9-3-4-10-20)6-7-16(14)18(12)17;1-12-13(2)19-18-11-14-5-6-16(20-7-3-4-8-20)9-15(14)10-17(12)18/h5,8,15,19H,3-4,6-7,9-11H2,1-2H3;10-11,16,19H,3-9H2,1-2H3. The maximum Gasteiger partial charge on any atom is 0.0461 e. The number of aromatic nitrogens is 2. The number of aryl methyl sites for hydroxylation is 6. The van der Waals surface area contributed by atoms with E-state index in [9.17, 15) is 0 Å². The maximum atomic E-state index is 3.53. The molecule has 40 heavy (non-hydrogen) atoms. The minimum Gasteiger partial charge on any atom is -0.358 e. The van der Waals surface area contributed by atoms with Crippen molar-refractivity contribution >= 4 is 21.8 Å². The van der Waals surface area contributed by atoms with E-state index in [0.717, 1.165) is 12.1 Å². The largest absolute Gasteiger partial charge is 0.358 e. The van der Waals surface area contributed by atoms with Crippen molar-refractivity contribution in [3.63, 3.8) is 0 Å². The van der Waals surface area contributed by atoms with Crippen molar-refractivity contribution in [3.05, 3.63) is 69.0 Å². The van der Waals surface area contributed by atoms with Gasteiger partial charge in [-0.2, -0.15) is 0 Å². The summed E-state index contributed by atoms with van der Waals surface area (Å²) >= 11 is 0. The third-order valence-corrected chi connectivity index (χ3v) is 11.0. The Balaban J connectivity index is 0.000000132. The van der Waals surface area contributed by atoms with E-state index in [1.54, 1.807) is 22.3 Å². The van der Waals surface area contributed by atoms with Crippen LogP contribution in [0.25, 0.3) is 21.8 Å². The molecule has 2 saturated heterocycles. The summed E-state index contributed by atoms with van der Waals surface area (Å²) in [5.41, 5.74) is 14.6. The van der Waals surface area contributed by atoms with Crippen molar-refractivity contribution in [1.82, 2.24) is 19.8 Å². The Hall–Kier alpha value is -2.56. The molecule has 2 aliphatic carbocycles. The van der Waals surface area contributed by atoms with Crippen molar-refractivity contribution in [1.29, 1.82) is 0 Å². The lowest BCUT2D eigenvalue weighted by Crippen LogP contribution is -2.37. The fraction of sp³-hybridized carbons (Fsp3) is 0.556. The molecule has 4 heterocycles. The Morgan fingerprint density at radius 1 is 0.625 bits per heavy atom. The lowest BCUT2D eigenvalue weighted by molar-refractivity contribution is 0.222. The minimum atomic E-state index is 0.794. The Morgan fingerprint density at radius 2 is 1.23 bits per heavy atom. The molecule has 0 bridgehead atoms. The molecule has 2 N–H and O–H groups in total. The van der Waals surface area contributed by atoms with Crippen molar-refractivity contribution in [3.8, 4) is 0 Å². The number of nitrogens with zero attached hydrogens (tertiary/aromatic N) is 2. The van der Waals surface area contributed by atoms with E-state index in [4.69, 9.17) is 0 Å². The predicted molar refractivity (Wildman–Crippen MR) is 169 cm³/mol. The molecule has 2 atom stereocenters. The van der Waals surface area contributed by atoms with Gasteiger partial charge in [0.15, 0.2) is 0 Å². The molecule has 0 radical (unpaired) electrons. The first kappa shape index (κ1) is 26.3. The molecule has 0 amide bonds. The van der Waals surface area contributed by atoms with Gasteiger partial charge in [-0.15, -0.1) is 0 Å². The Bertz CT molecular complexity index is 1510. The van der Waals surface area contributed by atoms with Gasteiger partial charge < -0.3 is 19.8 Å². The summed E-state index contributed by atoms with van der Waals surface area (Å²) in [7, 11) is 0.